The van der Waals surface area contributed by atoms with Gasteiger partial charge in [-0.2, -0.15) is 0 Å². The van der Waals surface area contributed by atoms with E-state index in [9.17, 15) is 0 Å². The molecule has 0 saturated heterocycles. The number of rotatable bonds is 6. The molecule has 74 heavy (non-hydrogen) atoms. The Morgan fingerprint density at radius 3 is 1.30 bits per heavy atom. The highest BCUT2D eigenvalue weighted by molar-refractivity contribution is 6.27. The van der Waals surface area contributed by atoms with E-state index in [4.69, 9.17) is 0 Å². The molecule has 11 aromatic rings. The first-order valence-corrected chi connectivity index (χ1v) is 26.9. The maximum Gasteiger partial charge on any atom is 0.0541 e. The lowest BCUT2D eigenvalue weighted by Gasteiger charge is -2.32. The van der Waals surface area contributed by atoms with Crippen molar-refractivity contribution >= 4 is 71.2 Å². The van der Waals surface area contributed by atoms with Crippen molar-refractivity contribution in [2.24, 2.45) is 0 Å². The molecular formula is C72H74N2. The van der Waals surface area contributed by atoms with Crippen LogP contribution in [-0.4, -0.2) is 4.57 Å². The van der Waals surface area contributed by atoms with Gasteiger partial charge in [-0.05, 0) is 147 Å². The van der Waals surface area contributed by atoms with Gasteiger partial charge in [0.15, 0.2) is 0 Å². The van der Waals surface area contributed by atoms with Gasteiger partial charge in [0.25, 0.3) is 0 Å². The molecule has 2 heteroatoms. The summed E-state index contributed by atoms with van der Waals surface area (Å²) in [6.07, 6.45) is 0. The summed E-state index contributed by atoms with van der Waals surface area (Å²) >= 11 is 0. The highest BCUT2D eigenvalue weighted by Crippen LogP contribution is 2.48. The van der Waals surface area contributed by atoms with E-state index < -0.39 is 0 Å². The molecule has 0 aliphatic carbocycles. The molecule has 0 N–H and O–H groups in total. The zero-order valence-corrected chi connectivity index (χ0v) is 46.6. The van der Waals surface area contributed by atoms with Crippen molar-refractivity contribution in [3.05, 3.63) is 204 Å². The van der Waals surface area contributed by atoms with E-state index in [0.29, 0.717) is 0 Å². The molecule has 0 unspecified atom stereocenters. The number of para-hydroxylation sites is 2. The van der Waals surface area contributed by atoms with Gasteiger partial charge in [-0.1, -0.05) is 231 Å². The molecule has 0 saturated carbocycles. The molecule has 0 radical (unpaired) electrons. The van der Waals surface area contributed by atoms with Gasteiger partial charge in [0.2, 0.25) is 0 Å². The van der Waals surface area contributed by atoms with E-state index >= 15 is 0 Å². The summed E-state index contributed by atoms with van der Waals surface area (Å²) in [5.74, 6) is 0. The van der Waals surface area contributed by atoms with Gasteiger partial charge in [-0.3, -0.25) is 0 Å². The van der Waals surface area contributed by atoms with Crippen LogP contribution in [0.2, 0.25) is 0 Å². The molecular weight excluding hydrogens is 893 g/mol. The van der Waals surface area contributed by atoms with Crippen LogP contribution in [0.5, 0.6) is 0 Å². The second kappa shape index (κ2) is 17.2. The molecule has 0 aliphatic heterocycles. The van der Waals surface area contributed by atoms with Gasteiger partial charge in [0.05, 0.1) is 22.4 Å². The summed E-state index contributed by atoms with van der Waals surface area (Å²) in [4.78, 5) is 2.54. The fraction of sp³-hybridized carbons (Fsp3) is 0.278. The van der Waals surface area contributed by atoms with Gasteiger partial charge >= 0.3 is 0 Å². The van der Waals surface area contributed by atoms with E-state index in [1.807, 2.05) is 0 Å². The van der Waals surface area contributed by atoms with E-state index in [1.165, 1.54) is 116 Å². The molecule has 0 aliphatic rings. The van der Waals surface area contributed by atoms with E-state index in [0.717, 1.165) is 11.4 Å². The number of aromatic nitrogens is 1. The zero-order valence-electron chi connectivity index (χ0n) is 46.6. The van der Waals surface area contributed by atoms with Crippen molar-refractivity contribution in [1.29, 1.82) is 0 Å². The maximum absolute atomic E-state index is 2.54. The summed E-state index contributed by atoms with van der Waals surface area (Å²) in [5.41, 5.74) is 18.6. The second-order valence-electron chi connectivity index (χ2n) is 26.4. The predicted octanol–water partition coefficient (Wildman–Crippen LogP) is 21.0. The molecule has 0 atom stereocenters. The Kier molecular flexibility index (Phi) is 11.4. The van der Waals surface area contributed by atoms with Crippen LogP contribution in [-0.2, 0) is 27.1 Å². The first-order valence-electron chi connectivity index (χ1n) is 26.9. The summed E-state index contributed by atoms with van der Waals surface area (Å²) < 4.78 is 2.48. The van der Waals surface area contributed by atoms with E-state index in [-0.39, 0.29) is 27.1 Å². The first-order chi connectivity index (χ1) is 34.8. The minimum atomic E-state index is -0.0664. The van der Waals surface area contributed by atoms with Crippen LogP contribution in [0.15, 0.2) is 176 Å². The van der Waals surface area contributed by atoms with Crippen molar-refractivity contribution in [3.8, 4) is 27.9 Å². The third-order valence-corrected chi connectivity index (χ3v) is 15.9. The van der Waals surface area contributed by atoms with E-state index in [2.05, 4.69) is 289 Å². The Bertz CT molecular complexity index is 3840. The highest BCUT2D eigenvalue weighted by Gasteiger charge is 2.28. The summed E-state index contributed by atoms with van der Waals surface area (Å²) in [7, 11) is 0. The molecule has 0 amide bonds. The minimum Gasteiger partial charge on any atom is -0.310 e. The number of nitrogens with zero attached hydrogens (tertiary/aromatic N) is 2. The van der Waals surface area contributed by atoms with Gasteiger partial charge < -0.3 is 9.47 Å². The van der Waals surface area contributed by atoms with Crippen LogP contribution in [0.3, 0.4) is 0 Å². The minimum absolute atomic E-state index is 0.00353. The molecule has 1 aromatic heterocycles. The van der Waals surface area contributed by atoms with Crippen molar-refractivity contribution in [2.75, 3.05) is 4.90 Å². The van der Waals surface area contributed by atoms with Crippen LogP contribution < -0.4 is 4.90 Å². The summed E-state index contributed by atoms with van der Waals surface area (Å²) in [6, 6.07) is 67.8. The van der Waals surface area contributed by atoms with Crippen LogP contribution in [0.4, 0.5) is 17.1 Å². The molecule has 372 valence electrons. The Morgan fingerprint density at radius 2 is 0.770 bits per heavy atom. The molecule has 2 nitrogen and oxygen atoms in total. The van der Waals surface area contributed by atoms with Crippen molar-refractivity contribution in [1.82, 2.24) is 4.57 Å². The fourth-order valence-corrected chi connectivity index (χ4v) is 11.3. The third-order valence-electron chi connectivity index (χ3n) is 15.9. The molecule has 11 rings (SSSR count). The number of hydrogen-bond acceptors (Lipinski definition) is 1. The van der Waals surface area contributed by atoms with Crippen LogP contribution in [0, 0.1) is 0 Å². The average Bonchev–Trinajstić information content (AvgIpc) is 3.68. The van der Waals surface area contributed by atoms with Gasteiger partial charge in [-0.15, -0.1) is 0 Å². The van der Waals surface area contributed by atoms with Crippen LogP contribution in [0.25, 0.3) is 82.1 Å². The van der Waals surface area contributed by atoms with Gasteiger partial charge in [-0.25, -0.2) is 0 Å². The lowest BCUT2D eigenvalue weighted by molar-refractivity contribution is 0.568. The molecule has 0 fully saturated rings. The normalized spacial score (nSPS) is 13.1. The molecule has 1 heterocycles. The van der Waals surface area contributed by atoms with Crippen molar-refractivity contribution < 1.29 is 0 Å². The number of hydrogen-bond donors (Lipinski definition) is 0. The Labute approximate surface area is 441 Å². The lowest BCUT2D eigenvalue weighted by Crippen LogP contribution is -2.19. The smallest absolute Gasteiger partial charge is 0.0541 e. The Morgan fingerprint density at radius 1 is 0.311 bits per heavy atom. The Balaban J connectivity index is 1.15. The lowest BCUT2D eigenvalue weighted by atomic mass is 9.77. The van der Waals surface area contributed by atoms with Crippen LogP contribution in [0.1, 0.15) is 132 Å². The summed E-state index contributed by atoms with van der Waals surface area (Å²) in [5, 5.41) is 10.1. The quantitative estimate of drug-likeness (QED) is 0.151. The third kappa shape index (κ3) is 8.55. The second-order valence-corrected chi connectivity index (χ2v) is 26.4. The largest absolute Gasteiger partial charge is 0.310 e. The monoisotopic (exact) mass is 967 g/mol. The fourth-order valence-electron chi connectivity index (χ4n) is 11.3. The van der Waals surface area contributed by atoms with Crippen molar-refractivity contribution in [2.45, 2.75) is 131 Å². The maximum atomic E-state index is 2.54. The van der Waals surface area contributed by atoms with Gasteiger partial charge in [0, 0.05) is 32.9 Å². The SMILES string of the molecule is CC(C)(C)c1cc(-c2ccc(C(C)(C)C)cc2-c2ccc(N(c3cc(C(C)(C)C)cc(C(C)(C)C)c3)c3ccc4ccc5c(-n6c7ccccc7c7ccccc76)ccc6ccc3c4c65)cc2)cc(C(C)(C)C)c1. The molecule has 0 bridgehead atoms. The van der Waals surface area contributed by atoms with E-state index in [1.54, 1.807) is 0 Å². The summed E-state index contributed by atoms with van der Waals surface area (Å²) in [6.45, 7) is 35.0. The molecule has 0 spiro atoms. The number of benzene rings is 10. The number of fused-ring (bicyclic) bond motifs is 3. The van der Waals surface area contributed by atoms with Gasteiger partial charge in [0.1, 0.15) is 0 Å². The Hall–Kier alpha value is -7.16. The first kappa shape index (κ1) is 49.1. The zero-order chi connectivity index (χ0) is 52.4. The van der Waals surface area contributed by atoms with Crippen molar-refractivity contribution in [3.63, 3.8) is 0 Å². The number of anilines is 3. The topological polar surface area (TPSA) is 8.17 Å². The predicted molar refractivity (Wildman–Crippen MR) is 324 cm³/mol. The molecule has 10 aromatic carbocycles. The highest BCUT2D eigenvalue weighted by atomic mass is 15.1. The standard InChI is InChI=1S/C72H74N2/c1-68(2,3)49-30-35-56(48-38-50(69(4,5)6)40-51(39-48)70(7,8)9)61(44-49)45-24-31-54(32-25-45)73(55-42-52(71(10,11)12)41-53(43-55)72(13,14)15)64-36-28-46-27-34-60-65(37-29-47-26-33-59(64)66(46)67(47)60)74-62-22-18-16-20-57(62)58-21-17-19-23-63(58)74/h16-44H,1-15H3. The van der Waals surface area contributed by atoms with Crippen LogP contribution >= 0.6 is 0 Å². The average molecular weight is 967 g/mol.